The van der Waals surface area contributed by atoms with E-state index in [-0.39, 0.29) is 0 Å². The van der Waals surface area contributed by atoms with Gasteiger partial charge in [0, 0.05) is 18.5 Å². The van der Waals surface area contributed by atoms with Crippen LogP contribution in [0.25, 0.3) is 16.9 Å². The van der Waals surface area contributed by atoms with Crippen molar-refractivity contribution >= 4 is 5.65 Å². The fraction of sp³-hybridized carbons (Fsp3) is 0.273. The molecule has 0 bridgehead atoms. The maximum Gasteiger partial charge on any atom is 0.156 e. The molecule has 5 aromatic rings. The Labute approximate surface area is 235 Å². The second kappa shape index (κ2) is 12.2. The smallest absolute Gasteiger partial charge is 0.156 e. The SMILES string of the molecule is COc1ccc(COc2cccc(-c3cccc4nc(Cc5ccc(OCCN6CCCC6)cc5)nn34)c2)cc1. The van der Waals surface area contributed by atoms with Gasteiger partial charge in [-0.25, -0.2) is 9.50 Å². The first-order valence-electron chi connectivity index (χ1n) is 13.9. The molecule has 6 rings (SSSR count). The van der Waals surface area contributed by atoms with Gasteiger partial charge in [0.05, 0.1) is 12.8 Å². The summed E-state index contributed by atoms with van der Waals surface area (Å²) in [6.07, 6.45) is 3.26. The van der Waals surface area contributed by atoms with E-state index in [2.05, 4.69) is 29.2 Å². The van der Waals surface area contributed by atoms with E-state index >= 15 is 0 Å². The van der Waals surface area contributed by atoms with Gasteiger partial charge in [0.1, 0.15) is 30.5 Å². The maximum absolute atomic E-state index is 6.09. The highest BCUT2D eigenvalue weighted by Crippen LogP contribution is 2.26. The molecule has 204 valence electrons. The van der Waals surface area contributed by atoms with E-state index in [9.17, 15) is 0 Å². The van der Waals surface area contributed by atoms with E-state index in [1.165, 1.54) is 25.9 Å². The van der Waals surface area contributed by atoms with Gasteiger partial charge < -0.3 is 14.2 Å². The Morgan fingerprint density at radius 1 is 0.750 bits per heavy atom. The van der Waals surface area contributed by atoms with E-state index < -0.39 is 0 Å². The predicted molar refractivity (Wildman–Crippen MR) is 156 cm³/mol. The van der Waals surface area contributed by atoms with Crippen molar-refractivity contribution in [1.29, 1.82) is 0 Å². The lowest BCUT2D eigenvalue weighted by atomic mass is 10.1. The van der Waals surface area contributed by atoms with E-state index in [0.717, 1.165) is 64.3 Å². The number of pyridine rings is 1. The van der Waals surface area contributed by atoms with Gasteiger partial charge in [0.25, 0.3) is 0 Å². The molecule has 0 unspecified atom stereocenters. The predicted octanol–water partition coefficient (Wildman–Crippen LogP) is 6.05. The van der Waals surface area contributed by atoms with Gasteiger partial charge in [-0.1, -0.05) is 42.5 Å². The van der Waals surface area contributed by atoms with Crippen molar-refractivity contribution in [2.45, 2.75) is 25.9 Å². The molecule has 0 atom stereocenters. The Kier molecular flexibility index (Phi) is 7.91. The van der Waals surface area contributed by atoms with E-state index in [0.29, 0.717) is 13.0 Å². The molecule has 40 heavy (non-hydrogen) atoms. The third-order valence-electron chi connectivity index (χ3n) is 7.26. The fourth-order valence-electron chi connectivity index (χ4n) is 5.06. The van der Waals surface area contributed by atoms with Crippen molar-refractivity contribution in [2.75, 3.05) is 33.4 Å². The lowest BCUT2D eigenvalue weighted by Crippen LogP contribution is -2.25. The number of benzene rings is 3. The van der Waals surface area contributed by atoms with Gasteiger partial charge in [0.2, 0.25) is 0 Å². The summed E-state index contributed by atoms with van der Waals surface area (Å²) < 4.78 is 19.2. The minimum absolute atomic E-state index is 0.480. The van der Waals surface area contributed by atoms with E-state index in [1.54, 1.807) is 7.11 Å². The molecule has 1 fully saturated rings. The van der Waals surface area contributed by atoms with Crippen LogP contribution >= 0.6 is 0 Å². The molecule has 1 saturated heterocycles. The monoisotopic (exact) mass is 534 g/mol. The highest BCUT2D eigenvalue weighted by molar-refractivity contribution is 5.64. The molecule has 0 spiro atoms. The van der Waals surface area contributed by atoms with Crippen LogP contribution in [0, 0.1) is 0 Å². The summed E-state index contributed by atoms with van der Waals surface area (Å²) in [6, 6.07) is 30.3. The van der Waals surface area contributed by atoms with Crippen LogP contribution in [0.1, 0.15) is 29.8 Å². The lowest BCUT2D eigenvalue weighted by Gasteiger charge is -2.14. The third kappa shape index (κ3) is 6.26. The third-order valence-corrected chi connectivity index (χ3v) is 7.26. The summed E-state index contributed by atoms with van der Waals surface area (Å²) in [5, 5.41) is 4.86. The zero-order valence-electron chi connectivity index (χ0n) is 22.8. The first kappa shape index (κ1) is 25.9. The Morgan fingerprint density at radius 2 is 1.50 bits per heavy atom. The number of aromatic nitrogens is 3. The van der Waals surface area contributed by atoms with Crippen LogP contribution in [0.3, 0.4) is 0 Å². The number of methoxy groups -OCH3 is 1. The average Bonchev–Trinajstić information content (AvgIpc) is 3.67. The molecule has 2 aromatic heterocycles. The van der Waals surface area contributed by atoms with Crippen LogP contribution in [0.5, 0.6) is 17.2 Å². The van der Waals surface area contributed by atoms with Crippen LogP contribution < -0.4 is 14.2 Å². The zero-order valence-corrected chi connectivity index (χ0v) is 22.8. The Morgan fingerprint density at radius 3 is 2.30 bits per heavy atom. The number of likely N-dealkylation sites (tertiary alicyclic amines) is 1. The van der Waals surface area contributed by atoms with Crippen LogP contribution in [-0.2, 0) is 13.0 Å². The molecular weight excluding hydrogens is 500 g/mol. The van der Waals surface area contributed by atoms with Crippen LogP contribution in [0.4, 0.5) is 0 Å². The molecule has 0 saturated carbocycles. The fourth-order valence-corrected chi connectivity index (χ4v) is 5.06. The molecule has 0 radical (unpaired) electrons. The second-order valence-electron chi connectivity index (χ2n) is 10.1. The van der Waals surface area contributed by atoms with Crippen LogP contribution in [-0.4, -0.2) is 52.8 Å². The molecular formula is C33H34N4O3. The molecule has 3 heterocycles. The van der Waals surface area contributed by atoms with Crippen molar-refractivity contribution in [3.8, 4) is 28.5 Å². The molecule has 0 amide bonds. The first-order chi connectivity index (χ1) is 19.7. The van der Waals surface area contributed by atoms with Crippen LogP contribution in [0.15, 0.2) is 91.0 Å². The normalized spacial score (nSPS) is 13.5. The highest BCUT2D eigenvalue weighted by atomic mass is 16.5. The molecule has 0 N–H and O–H groups in total. The lowest BCUT2D eigenvalue weighted by molar-refractivity contribution is 0.238. The Balaban J connectivity index is 1.11. The zero-order chi connectivity index (χ0) is 27.1. The summed E-state index contributed by atoms with van der Waals surface area (Å²) in [4.78, 5) is 7.26. The van der Waals surface area contributed by atoms with Crippen molar-refractivity contribution in [3.05, 3.63) is 108 Å². The average molecular weight is 535 g/mol. The molecule has 1 aliphatic heterocycles. The summed E-state index contributed by atoms with van der Waals surface area (Å²) in [7, 11) is 1.67. The van der Waals surface area contributed by atoms with Gasteiger partial charge >= 0.3 is 0 Å². The van der Waals surface area contributed by atoms with E-state index in [4.69, 9.17) is 24.3 Å². The number of ether oxygens (including phenoxy) is 3. The number of nitrogens with zero attached hydrogens (tertiary/aromatic N) is 4. The first-order valence-corrected chi connectivity index (χ1v) is 13.9. The standard InChI is InChI=1S/C33H34N4O3/c1-38-28-14-12-26(13-15-28)24-40-30-7-4-6-27(23-30)31-8-5-9-33-34-32(35-37(31)33)22-25-10-16-29(17-11-25)39-21-20-36-18-2-3-19-36/h4-17,23H,2-3,18-22,24H2,1H3. The van der Waals surface area contributed by atoms with Gasteiger partial charge in [0.15, 0.2) is 11.5 Å². The number of hydrogen-bond donors (Lipinski definition) is 0. The summed E-state index contributed by atoms with van der Waals surface area (Å²) in [6.45, 7) is 4.59. The van der Waals surface area contributed by atoms with Gasteiger partial charge in [-0.3, -0.25) is 4.90 Å². The molecule has 3 aromatic carbocycles. The molecule has 7 nitrogen and oxygen atoms in total. The van der Waals surface area contributed by atoms with Crippen molar-refractivity contribution in [2.24, 2.45) is 0 Å². The maximum atomic E-state index is 6.09. The topological polar surface area (TPSA) is 61.1 Å². The van der Waals surface area contributed by atoms with Crippen LogP contribution in [0.2, 0.25) is 0 Å². The van der Waals surface area contributed by atoms with Crippen molar-refractivity contribution in [3.63, 3.8) is 0 Å². The quantitative estimate of drug-likeness (QED) is 0.206. The molecule has 1 aliphatic rings. The summed E-state index contributed by atoms with van der Waals surface area (Å²) in [5.41, 5.74) is 5.03. The molecule has 7 heteroatoms. The minimum atomic E-state index is 0.480. The number of fused-ring (bicyclic) bond motifs is 1. The number of rotatable bonds is 11. The Hall–Kier alpha value is -4.36. The van der Waals surface area contributed by atoms with Gasteiger partial charge in [-0.2, -0.15) is 5.10 Å². The van der Waals surface area contributed by atoms with Crippen molar-refractivity contribution in [1.82, 2.24) is 19.5 Å². The highest BCUT2D eigenvalue weighted by Gasteiger charge is 2.12. The number of hydrogen-bond acceptors (Lipinski definition) is 6. The molecule has 0 aliphatic carbocycles. The minimum Gasteiger partial charge on any atom is -0.497 e. The largest absolute Gasteiger partial charge is 0.497 e. The van der Waals surface area contributed by atoms with E-state index in [1.807, 2.05) is 71.2 Å². The van der Waals surface area contributed by atoms with Gasteiger partial charge in [-0.05, 0) is 85.6 Å². The summed E-state index contributed by atoms with van der Waals surface area (Å²) >= 11 is 0. The Bertz CT molecular complexity index is 1540. The van der Waals surface area contributed by atoms with Crippen molar-refractivity contribution < 1.29 is 14.2 Å². The summed E-state index contributed by atoms with van der Waals surface area (Å²) in [5.74, 6) is 3.32. The van der Waals surface area contributed by atoms with Gasteiger partial charge in [-0.15, -0.1) is 0 Å². The second-order valence-corrected chi connectivity index (χ2v) is 10.1.